The van der Waals surface area contributed by atoms with Crippen molar-refractivity contribution in [3.63, 3.8) is 0 Å². The highest BCUT2D eigenvalue weighted by atomic mass is 35.5. The second-order valence-electron chi connectivity index (χ2n) is 6.55. The summed E-state index contributed by atoms with van der Waals surface area (Å²) < 4.78 is 7.32. The van der Waals surface area contributed by atoms with E-state index >= 15 is 0 Å². The Bertz CT molecular complexity index is 804. The first kappa shape index (κ1) is 17.7. The first-order chi connectivity index (χ1) is 12.0. The summed E-state index contributed by atoms with van der Waals surface area (Å²) in [6.07, 6.45) is 3.32. The number of allylic oxidation sites excluding steroid dienone is 1. The van der Waals surface area contributed by atoms with Crippen LogP contribution in [0.2, 0.25) is 5.02 Å². The molecule has 3 rings (SSSR count). The zero-order chi connectivity index (χ0) is 18.0. The number of esters is 1. The van der Waals surface area contributed by atoms with Gasteiger partial charge in [-0.2, -0.15) is 0 Å². The van der Waals surface area contributed by atoms with E-state index in [9.17, 15) is 4.79 Å². The molecule has 25 heavy (non-hydrogen) atoms. The van der Waals surface area contributed by atoms with Crippen LogP contribution in [0.1, 0.15) is 55.9 Å². The van der Waals surface area contributed by atoms with E-state index in [4.69, 9.17) is 21.3 Å². The topological polar surface area (TPSA) is 44.1 Å². The summed E-state index contributed by atoms with van der Waals surface area (Å²) in [5, 5.41) is 0.728. The van der Waals surface area contributed by atoms with Crippen molar-refractivity contribution in [2.24, 2.45) is 0 Å². The van der Waals surface area contributed by atoms with Crippen LogP contribution in [0.25, 0.3) is 5.57 Å². The van der Waals surface area contributed by atoms with Crippen LogP contribution in [0.4, 0.5) is 0 Å². The molecule has 1 aromatic heterocycles. The van der Waals surface area contributed by atoms with Crippen LogP contribution in [0.3, 0.4) is 0 Å². The number of carbonyl (C=O) groups excluding carboxylic acids is 1. The van der Waals surface area contributed by atoms with Crippen LogP contribution < -0.4 is 0 Å². The van der Waals surface area contributed by atoms with Gasteiger partial charge in [0.25, 0.3) is 0 Å². The van der Waals surface area contributed by atoms with Gasteiger partial charge in [0.05, 0.1) is 18.0 Å². The Morgan fingerprint density at radius 3 is 2.68 bits per heavy atom. The minimum Gasteiger partial charge on any atom is -0.463 e. The molecule has 4 nitrogen and oxygen atoms in total. The maximum Gasteiger partial charge on any atom is 0.331 e. The van der Waals surface area contributed by atoms with E-state index in [2.05, 4.69) is 18.4 Å². The molecule has 0 saturated heterocycles. The number of halogens is 1. The third-order valence-electron chi connectivity index (χ3n) is 4.35. The van der Waals surface area contributed by atoms with Crippen LogP contribution >= 0.6 is 11.6 Å². The number of aryl methyl sites for hydroxylation is 1. The second-order valence-corrected chi connectivity index (χ2v) is 6.99. The molecule has 132 valence electrons. The van der Waals surface area contributed by atoms with Crippen LogP contribution in [0, 0.1) is 0 Å². The standard InChI is InChI=1S/C20H23ClN2O2/c1-4-25-18(24)11-15-7-10-17-19(15)23(20(22-17)13(2)3)12-14-5-8-16(21)9-6-14/h5-6,8-9,11,13H,4,7,10,12H2,1-3H3. The van der Waals surface area contributed by atoms with Gasteiger partial charge in [-0.1, -0.05) is 37.6 Å². The number of hydrogen-bond donors (Lipinski definition) is 0. The maximum atomic E-state index is 11.9. The number of rotatable bonds is 5. The van der Waals surface area contributed by atoms with E-state index in [1.807, 2.05) is 31.2 Å². The zero-order valence-electron chi connectivity index (χ0n) is 14.9. The van der Waals surface area contributed by atoms with Crippen molar-refractivity contribution in [1.29, 1.82) is 0 Å². The van der Waals surface area contributed by atoms with E-state index in [0.29, 0.717) is 19.1 Å². The molecule has 0 amide bonds. The van der Waals surface area contributed by atoms with Crippen LogP contribution in [-0.2, 0) is 22.5 Å². The number of imidazole rings is 1. The lowest BCUT2D eigenvalue weighted by molar-refractivity contribution is -0.137. The fourth-order valence-electron chi connectivity index (χ4n) is 3.27. The first-order valence-electron chi connectivity index (χ1n) is 8.71. The van der Waals surface area contributed by atoms with Crippen molar-refractivity contribution in [3.8, 4) is 0 Å². The smallest absolute Gasteiger partial charge is 0.331 e. The highest BCUT2D eigenvalue weighted by Gasteiger charge is 2.27. The lowest BCUT2D eigenvalue weighted by Crippen LogP contribution is -2.10. The summed E-state index contributed by atoms with van der Waals surface area (Å²) >= 11 is 6.00. The predicted octanol–water partition coefficient (Wildman–Crippen LogP) is 4.60. The molecule has 0 spiro atoms. The van der Waals surface area contributed by atoms with Crippen molar-refractivity contribution in [2.75, 3.05) is 6.61 Å². The first-order valence-corrected chi connectivity index (χ1v) is 9.08. The lowest BCUT2D eigenvalue weighted by Gasteiger charge is -2.15. The molecule has 1 aliphatic rings. The van der Waals surface area contributed by atoms with E-state index in [0.717, 1.165) is 46.2 Å². The van der Waals surface area contributed by atoms with Gasteiger partial charge in [0, 0.05) is 23.6 Å². The Hall–Kier alpha value is -2.07. The molecule has 5 heteroatoms. The van der Waals surface area contributed by atoms with Crippen molar-refractivity contribution in [3.05, 3.63) is 58.1 Å². The molecule has 0 fully saturated rings. The van der Waals surface area contributed by atoms with Gasteiger partial charge in [-0.25, -0.2) is 9.78 Å². The average molecular weight is 359 g/mol. The Labute approximate surface area is 153 Å². The Morgan fingerprint density at radius 1 is 1.32 bits per heavy atom. The fraction of sp³-hybridized carbons (Fsp3) is 0.400. The van der Waals surface area contributed by atoms with Crippen molar-refractivity contribution in [1.82, 2.24) is 9.55 Å². The summed E-state index contributed by atoms with van der Waals surface area (Å²) in [6, 6.07) is 7.86. The minimum absolute atomic E-state index is 0.282. The van der Waals surface area contributed by atoms with Gasteiger partial charge >= 0.3 is 5.97 Å². The van der Waals surface area contributed by atoms with Gasteiger partial charge < -0.3 is 9.30 Å². The number of benzene rings is 1. The summed E-state index contributed by atoms with van der Waals surface area (Å²) in [5.74, 6) is 1.08. The number of hydrogen-bond acceptors (Lipinski definition) is 3. The van der Waals surface area contributed by atoms with E-state index in [-0.39, 0.29) is 5.97 Å². The molecular weight excluding hydrogens is 336 g/mol. The molecule has 2 aromatic rings. The molecule has 1 aromatic carbocycles. The van der Waals surface area contributed by atoms with Gasteiger partial charge in [-0.15, -0.1) is 0 Å². The van der Waals surface area contributed by atoms with Crippen molar-refractivity contribution >= 4 is 23.1 Å². The monoisotopic (exact) mass is 358 g/mol. The van der Waals surface area contributed by atoms with E-state index < -0.39 is 0 Å². The third kappa shape index (κ3) is 3.79. The third-order valence-corrected chi connectivity index (χ3v) is 4.61. The van der Waals surface area contributed by atoms with Crippen LogP contribution in [-0.4, -0.2) is 22.1 Å². The normalized spacial score (nSPS) is 15.0. The van der Waals surface area contributed by atoms with Crippen molar-refractivity contribution in [2.45, 2.75) is 46.1 Å². The number of fused-ring (bicyclic) bond motifs is 1. The highest BCUT2D eigenvalue weighted by Crippen LogP contribution is 2.35. The molecule has 0 aliphatic heterocycles. The molecule has 1 aliphatic carbocycles. The molecule has 0 saturated carbocycles. The summed E-state index contributed by atoms with van der Waals surface area (Å²) in [6.45, 7) is 7.21. The van der Waals surface area contributed by atoms with Gasteiger partial charge in [0.2, 0.25) is 0 Å². The van der Waals surface area contributed by atoms with Gasteiger partial charge in [0.1, 0.15) is 5.82 Å². The average Bonchev–Trinajstić information content (AvgIpc) is 3.11. The van der Waals surface area contributed by atoms with Crippen LogP contribution in [0.15, 0.2) is 30.3 Å². The summed E-state index contributed by atoms with van der Waals surface area (Å²) in [4.78, 5) is 16.8. The van der Waals surface area contributed by atoms with Crippen LogP contribution in [0.5, 0.6) is 0 Å². The van der Waals surface area contributed by atoms with E-state index in [1.165, 1.54) is 0 Å². The second kappa shape index (κ2) is 7.44. The minimum atomic E-state index is -0.282. The molecular formula is C20H23ClN2O2. The molecule has 1 heterocycles. The quantitative estimate of drug-likeness (QED) is 0.579. The Balaban J connectivity index is 2.01. The fourth-order valence-corrected chi connectivity index (χ4v) is 3.39. The summed E-state index contributed by atoms with van der Waals surface area (Å²) in [7, 11) is 0. The Kier molecular flexibility index (Phi) is 5.28. The highest BCUT2D eigenvalue weighted by molar-refractivity contribution is 6.30. The molecule has 0 unspecified atom stereocenters. The largest absolute Gasteiger partial charge is 0.463 e. The number of nitrogens with zero attached hydrogens (tertiary/aromatic N) is 2. The molecule has 0 radical (unpaired) electrons. The Morgan fingerprint density at radius 2 is 2.04 bits per heavy atom. The van der Waals surface area contributed by atoms with Gasteiger partial charge in [-0.3, -0.25) is 0 Å². The van der Waals surface area contributed by atoms with Gasteiger partial charge in [0.15, 0.2) is 0 Å². The molecule has 0 N–H and O–H groups in total. The van der Waals surface area contributed by atoms with Crippen molar-refractivity contribution < 1.29 is 9.53 Å². The zero-order valence-corrected chi connectivity index (χ0v) is 15.6. The number of aromatic nitrogens is 2. The maximum absolute atomic E-state index is 11.9. The summed E-state index contributed by atoms with van der Waals surface area (Å²) in [5.41, 5.74) is 4.33. The SMILES string of the molecule is CCOC(=O)C=C1CCc2nc(C(C)C)n(Cc3ccc(Cl)cc3)c21. The van der Waals surface area contributed by atoms with Gasteiger partial charge in [-0.05, 0) is 43.0 Å². The number of carbonyl (C=O) groups is 1. The molecule has 0 bridgehead atoms. The van der Waals surface area contributed by atoms with E-state index in [1.54, 1.807) is 6.08 Å². The number of ether oxygens (including phenoxy) is 1. The lowest BCUT2D eigenvalue weighted by atomic mass is 10.1. The predicted molar refractivity (Wildman–Crippen MR) is 99.8 cm³/mol. The molecule has 0 atom stereocenters.